The van der Waals surface area contributed by atoms with Crippen LogP contribution in [0.15, 0.2) is 63.5 Å². The van der Waals surface area contributed by atoms with Crippen molar-refractivity contribution in [3.8, 4) is 5.69 Å². The van der Waals surface area contributed by atoms with Crippen molar-refractivity contribution in [2.75, 3.05) is 7.05 Å². The van der Waals surface area contributed by atoms with E-state index < -0.39 is 5.91 Å². The first-order chi connectivity index (χ1) is 13.5. The predicted octanol–water partition coefficient (Wildman–Crippen LogP) is 1.80. The van der Waals surface area contributed by atoms with Crippen LogP contribution in [0.25, 0.3) is 15.9 Å². The monoisotopic (exact) mass is 393 g/mol. The number of thiophene rings is 1. The summed E-state index contributed by atoms with van der Waals surface area (Å²) in [4.78, 5) is 45.4. The molecular weight excluding hydrogens is 378 g/mol. The van der Waals surface area contributed by atoms with Gasteiger partial charge >= 0.3 is 0 Å². The van der Waals surface area contributed by atoms with Crippen LogP contribution in [0, 0.1) is 0 Å². The van der Waals surface area contributed by atoms with E-state index in [9.17, 15) is 14.4 Å². The second-order valence-corrected chi connectivity index (χ2v) is 7.03. The van der Waals surface area contributed by atoms with Gasteiger partial charge in [0, 0.05) is 13.1 Å². The summed E-state index contributed by atoms with van der Waals surface area (Å²) in [5, 5.41) is 5.98. The minimum Gasteiger partial charge on any atom is -0.333 e. The third-order valence-electron chi connectivity index (χ3n) is 4.12. The molecule has 8 nitrogen and oxygen atoms in total. The zero-order valence-electron chi connectivity index (χ0n) is 14.8. The minimum absolute atomic E-state index is 0.103. The third kappa shape index (κ3) is 3.35. The highest BCUT2D eigenvalue weighted by molar-refractivity contribution is 7.17. The summed E-state index contributed by atoms with van der Waals surface area (Å²) in [7, 11) is 1.58. The van der Waals surface area contributed by atoms with E-state index in [0.717, 1.165) is 0 Å². The molecule has 28 heavy (non-hydrogen) atoms. The third-order valence-corrected chi connectivity index (χ3v) is 5.02. The maximum Gasteiger partial charge on any atom is 0.274 e. The largest absolute Gasteiger partial charge is 0.333 e. The molecule has 1 N–H and O–H groups in total. The number of H-pyrrole nitrogens is 1. The molecule has 0 aliphatic carbocycles. The Labute approximate surface area is 162 Å². The number of hydrogen-bond acceptors (Lipinski definition) is 6. The highest BCUT2D eigenvalue weighted by Crippen LogP contribution is 2.14. The molecule has 0 atom stereocenters. The molecule has 0 aliphatic heterocycles. The normalized spacial score (nSPS) is 10.9. The van der Waals surface area contributed by atoms with E-state index in [1.807, 2.05) is 6.07 Å². The lowest BCUT2D eigenvalue weighted by atomic mass is 10.3. The molecular formula is C19H15N5O3S. The number of carbonyl (C=O) groups excluding carboxylic acids is 1. The number of para-hydroxylation sites is 1. The van der Waals surface area contributed by atoms with Crippen LogP contribution in [0.3, 0.4) is 0 Å². The molecule has 0 saturated heterocycles. The number of carbonyl (C=O) groups is 1. The van der Waals surface area contributed by atoms with Crippen molar-refractivity contribution in [2.24, 2.45) is 0 Å². The van der Waals surface area contributed by atoms with Gasteiger partial charge < -0.3 is 9.88 Å². The summed E-state index contributed by atoms with van der Waals surface area (Å²) in [6.07, 6.45) is 0. The molecule has 3 heterocycles. The van der Waals surface area contributed by atoms with Crippen molar-refractivity contribution in [1.29, 1.82) is 0 Å². The Morgan fingerprint density at radius 2 is 1.93 bits per heavy atom. The summed E-state index contributed by atoms with van der Waals surface area (Å²) in [5.74, 6) is -0.0131. The Balaban J connectivity index is 1.61. The molecule has 140 valence electrons. The van der Waals surface area contributed by atoms with Crippen molar-refractivity contribution in [2.45, 2.75) is 6.54 Å². The fourth-order valence-electron chi connectivity index (χ4n) is 2.77. The van der Waals surface area contributed by atoms with Gasteiger partial charge in [0.25, 0.3) is 17.0 Å². The number of hydrogen-bond donors (Lipinski definition) is 1. The molecule has 1 aromatic carbocycles. The van der Waals surface area contributed by atoms with Crippen molar-refractivity contribution < 1.29 is 4.79 Å². The molecule has 1 amide bonds. The van der Waals surface area contributed by atoms with Gasteiger partial charge in [0.05, 0.1) is 17.7 Å². The number of fused-ring (bicyclic) bond motifs is 1. The topological polar surface area (TPSA) is 101 Å². The van der Waals surface area contributed by atoms with Gasteiger partial charge in [-0.1, -0.05) is 18.2 Å². The standard InChI is InChI=1S/C19H15N5O3S/c1-23(11-15-20-13-9-10-28-17(13)18(26)21-15)19(27)14-7-8-16(25)24(22-14)12-5-3-2-4-6-12/h2-10H,11H2,1H3,(H,20,21,26). The number of nitrogens with one attached hydrogen (secondary N) is 1. The Morgan fingerprint density at radius 3 is 2.71 bits per heavy atom. The average molecular weight is 393 g/mol. The van der Waals surface area contributed by atoms with Gasteiger partial charge in [-0.3, -0.25) is 14.4 Å². The van der Waals surface area contributed by atoms with Crippen LogP contribution in [-0.2, 0) is 6.54 Å². The van der Waals surface area contributed by atoms with Gasteiger partial charge in [-0.15, -0.1) is 11.3 Å². The second-order valence-electron chi connectivity index (χ2n) is 6.11. The Kier molecular flexibility index (Phi) is 4.58. The zero-order chi connectivity index (χ0) is 19.7. The van der Waals surface area contributed by atoms with E-state index in [2.05, 4.69) is 15.1 Å². The van der Waals surface area contributed by atoms with E-state index in [4.69, 9.17) is 0 Å². The van der Waals surface area contributed by atoms with E-state index in [-0.39, 0.29) is 23.4 Å². The fraction of sp³-hybridized carbons (Fsp3) is 0.105. The van der Waals surface area contributed by atoms with E-state index in [0.29, 0.717) is 21.7 Å². The number of aromatic amines is 1. The number of amides is 1. The van der Waals surface area contributed by atoms with Crippen LogP contribution in [0.5, 0.6) is 0 Å². The minimum atomic E-state index is -0.391. The summed E-state index contributed by atoms with van der Waals surface area (Å²) in [5.41, 5.74) is 0.717. The molecule has 0 radical (unpaired) electrons. The molecule has 0 saturated carbocycles. The van der Waals surface area contributed by atoms with Crippen molar-refractivity contribution >= 4 is 27.5 Å². The first-order valence-corrected chi connectivity index (χ1v) is 9.28. The summed E-state index contributed by atoms with van der Waals surface area (Å²) in [6.45, 7) is 0.103. The number of nitrogens with zero attached hydrogens (tertiary/aromatic N) is 4. The lowest BCUT2D eigenvalue weighted by molar-refractivity contribution is 0.0773. The Morgan fingerprint density at radius 1 is 1.14 bits per heavy atom. The maximum absolute atomic E-state index is 12.8. The molecule has 4 aromatic rings. The van der Waals surface area contributed by atoms with Crippen LogP contribution in [0.4, 0.5) is 0 Å². The van der Waals surface area contributed by atoms with Gasteiger partial charge in [0.15, 0.2) is 0 Å². The van der Waals surface area contributed by atoms with Gasteiger partial charge in [0.1, 0.15) is 16.2 Å². The van der Waals surface area contributed by atoms with Crippen LogP contribution in [0.1, 0.15) is 16.3 Å². The van der Waals surface area contributed by atoms with Gasteiger partial charge in [-0.2, -0.15) is 9.78 Å². The highest BCUT2D eigenvalue weighted by atomic mass is 32.1. The van der Waals surface area contributed by atoms with Gasteiger partial charge in [0.2, 0.25) is 0 Å². The van der Waals surface area contributed by atoms with Crippen molar-refractivity contribution in [3.63, 3.8) is 0 Å². The molecule has 4 rings (SSSR count). The van der Waals surface area contributed by atoms with E-state index >= 15 is 0 Å². The summed E-state index contributed by atoms with van der Waals surface area (Å²) >= 11 is 1.32. The fourth-order valence-corrected chi connectivity index (χ4v) is 3.49. The van der Waals surface area contributed by atoms with Crippen molar-refractivity contribution in [3.05, 3.63) is 86.1 Å². The quantitative estimate of drug-likeness (QED) is 0.570. The molecule has 0 unspecified atom stereocenters. The average Bonchev–Trinajstić information content (AvgIpc) is 3.17. The molecule has 0 fully saturated rings. The molecule has 0 bridgehead atoms. The van der Waals surface area contributed by atoms with Crippen LogP contribution in [-0.4, -0.2) is 37.6 Å². The lowest BCUT2D eigenvalue weighted by Gasteiger charge is -2.16. The van der Waals surface area contributed by atoms with Crippen LogP contribution >= 0.6 is 11.3 Å². The van der Waals surface area contributed by atoms with Gasteiger partial charge in [-0.05, 0) is 29.6 Å². The van der Waals surface area contributed by atoms with Gasteiger partial charge in [-0.25, -0.2) is 4.98 Å². The first kappa shape index (κ1) is 17.8. The highest BCUT2D eigenvalue weighted by Gasteiger charge is 2.17. The SMILES string of the molecule is CN(Cc1nc2ccsc2c(=O)[nH]1)C(=O)c1ccc(=O)n(-c2ccccc2)n1. The van der Waals surface area contributed by atoms with Crippen molar-refractivity contribution in [1.82, 2.24) is 24.6 Å². The predicted molar refractivity (Wildman–Crippen MR) is 106 cm³/mol. The van der Waals surface area contributed by atoms with E-state index in [1.165, 1.54) is 33.1 Å². The van der Waals surface area contributed by atoms with Crippen LogP contribution < -0.4 is 11.1 Å². The lowest BCUT2D eigenvalue weighted by Crippen LogP contribution is -2.31. The Bertz CT molecular complexity index is 1280. The summed E-state index contributed by atoms with van der Waals surface area (Å²) < 4.78 is 1.73. The molecule has 3 aromatic heterocycles. The number of benzene rings is 1. The second kappa shape index (κ2) is 7.20. The maximum atomic E-state index is 12.8. The zero-order valence-corrected chi connectivity index (χ0v) is 15.6. The number of rotatable bonds is 4. The Hall–Kier alpha value is -3.59. The first-order valence-electron chi connectivity index (χ1n) is 8.40. The number of aromatic nitrogens is 4. The molecule has 9 heteroatoms. The molecule has 0 aliphatic rings. The smallest absolute Gasteiger partial charge is 0.274 e. The van der Waals surface area contributed by atoms with Crippen LogP contribution in [0.2, 0.25) is 0 Å². The summed E-state index contributed by atoms with van der Waals surface area (Å²) in [6, 6.07) is 13.3. The van der Waals surface area contributed by atoms with E-state index in [1.54, 1.807) is 42.8 Å². The molecule has 0 spiro atoms.